The second kappa shape index (κ2) is 8.27. The van der Waals surface area contributed by atoms with Gasteiger partial charge >= 0.3 is 0 Å². The summed E-state index contributed by atoms with van der Waals surface area (Å²) in [6.45, 7) is 6.06. The Morgan fingerprint density at radius 3 is 2.88 bits per heavy atom. The van der Waals surface area contributed by atoms with Gasteiger partial charge in [0.1, 0.15) is 0 Å². The van der Waals surface area contributed by atoms with Crippen molar-refractivity contribution in [1.29, 1.82) is 0 Å². The number of nitrogens with zero attached hydrogens (tertiary/aromatic N) is 3. The van der Waals surface area contributed by atoms with Crippen LogP contribution in [0.2, 0.25) is 0 Å². The van der Waals surface area contributed by atoms with Gasteiger partial charge in [0, 0.05) is 32.9 Å². The zero-order valence-corrected chi connectivity index (χ0v) is 14.9. The Bertz CT molecular complexity index is 686. The third-order valence-corrected chi connectivity index (χ3v) is 4.70. The van der Waals surface area contributed by atoms with Gasteiger partial charge in [-0.1, -0.05) is 37.3 Å². The largest absolute Gasteiger partial charge is 0.383 e. The van der Waals surface area contributed by atoms with Crippen LogP contribution in [0.25, 0.3) is 0 Å². The summed E-state index contributed by atoms with van der Waals surface area (Å²) >= 11 is 0. The summed E-state index contributed by atoms with van der Waals surface area (Å²) in [6.07, 6.45) is 3.53. The molecular formula is C19H26N4O2. The molecule has 0 radical (unpaired) electrons. The van der Waals surface area contributed by atoms with Gasteiger partial charge in [0.25, 0.3) is 0 Å². The lowest BCUT2D eigenvalue weighted by Gasteiger charge is -2.15. The van der Waals surface area contributed by atoms with E-state index in [0.717, 1.165) is 25.3 Å². The van der Waals surface area contributed by atoms with Gasteiger partial charge in [0.05, 0.1) is 31.0 Å². The lowest BCUT2D eigenvalue weighted by Crippen LogP contribution is -2.28. The highest BCUT2D eigenvalue weighted by Crippen LogP contribution is 2.25. The summed E-state index contributed by atoms with van der Waals surface area (Å²) < 4.78 is 6.82. The van der Waals surface area contributed by atoms with Crippen molar-refractivity contribution in [3.8, 4) is 0 Å². The Kier molecular flexibility index (Phi) is 5.83. The highest BCUT2D eigenvalue weighted by atomic mass is 16.5. The molecule has 0 aliphatic carbocycles. The molecule has 2 atom stereocenters. The maximum Gasteiger partial charge on any atom is 0.229 e. The van der Waals surface area contributed by atoms with Gasteiger partial charge in [-0.3, -0.25) is 14.4 Å². The van der Waals surface area contributed by atoms with Crippen LogP contribution in [0.4, 0.5) is 5.69 Å². The van der Waals surface area contributed by atoms with Crippen molar-refractivity contribution in [2.45, 2.75) is 20.0 Å². The minimum absolute atomic E-state index is 0.00559. The molecule has 6 heteroatoms. The molecule has 1 fully saturated rings. The Balaban J connectivity index is 1.54. The minimum atomic E-state index is 0.00559. The van der Waals surface area contributed by atoms with Crippen molar-refractivity contribution in [3.05, 3.63) is 48.3 Å². The van der Waals surface area contributed by atoms with E-state index in [-0.39, 0.29) is 11.8 Å². The quantitative estimate of drug-likeness (QED) is 0.838. The molecule has 134 valence electrons. The van der Waals surface area contributed by atoms with Crippen LogP contribution in [0.1, 0.15) is 12.5 Å². The normalized spacial score (nSPS) is 20.7. The van der Waals surface area contributed by atoms with Gasteiger partial charge in [0.15, 0.2) is 0 Å². The summed E-state index contributed by atoms with van der Waals surface area (Å²) in [5.74, 6) is 0.424. The van der Waals surface area contributed by atoms with Crippen molar-refractivity contribution in [2.24, 2.45) is 11.8 Å². The smallest absolute Gasteiger partial charge is 0.229 e. The number of hydrogen-bond acceptors (Lipinski definition) is 4. The van der Waals surface area contributed by atoms with E-state index in [4.69, 9.17) is 4.74 Å². The molecule has 1 aliphatic rings. The summed E-state index contributed by atoms with van der Waals surface area (Å²) in [6, 6.07) is 10.4. The number of rotatable bonds is 7. The highest BCUT2D eigenvalue weighted by molar-refractivity contribution is 5.92. The third-order valence-electron chi connectivity index (χ3n) is 4.70. The molecule has 0 saturated carbocycles. The topological polar surface area (TPSA) is 59.4 Å². The van der Waals surface area contributed by atoms with E-state index >= 15 is 0 Å². The van der Waals surface area contributed by atoms with Crippen LogP contribution >= 0.6 is 0 Å². The first-order valence-corrected chi connectivity index (χ1v) is 8.74. The van der Waals surface area contributed by atoms with Crippen molar-refractivity contribution in [1.82, 2.24) is 14.7 Å². The lowest BCUT2D eigenvalue weighted by molar-refractivity contribution is -0.120. The molecule has 1 amide bonds. The molecule has 1 aromatic carbocycles. The maximum atomic E-state index is 12.6. The van der Waals surface area contributed by atoms with Gasteiger partial charge in [-0.2, -0.15) is 5.10 Å². The van der Waals surface area contributed by atoms with Gasteiger partial charge in [-0.15, -0.1) is 0 Å². The van der Waals surface area contributed by atoms with Crippen LogP contribution in [-0.2, 0) is 22.6 Å². The first-order chi connectivity index (χ1) is 12.2. The number of nitrogens with one attached hydrogen (secondary N) is 1. The molecule has 1 N–H and O–H groups in total. The monoisotopic (exact) mass is 342 g/mol. The number of anilines is 1. The molecule has 1 aliphatic heterocycles. The van der Waals surface area contributed by atoms with Gasteiger partial charge < -0.3 is 10.1 Å². The average Bonchev–Trinajstić information content (AvgIpc) is 3.20. The summed E-state index contributed by atoms with van der Waals surface area (Å²) in [7, 11) is 1.66. The van der Waals surface area contributed by atoms with Crippen molar-refractivity contribution in [2.75, 3.05) is 32.1 Å². The number of ether oxygens (including phenoxy) is 1. The number of amides is 1. The first kappa shape index (κ1) is 17.6. The van der Waals surface area contributed by atoms with Crippen LogP contribution in [0.5, 0.6) is 0 Å². The van der Waals surface area contributed by atoms with E-state index in [2.05, 4.69) is 46.5 Å². The number of carbonyl (C=O) groups excluding carboxylic acids is 1. The van der Waals surface area contributed by atoms with Crippen molar-refractivity contribution in [3.63, 3.8) is 0 Å². The average molecular weight is 342 g/mol. The Labute approximate surface area is 148 Å². The molecule has 6 nitrogen and oxygen atoms in total. The van der Waals surface area contributed by atoms with Gasteiger partial charge in [-0.25, -0.2) is 0 Å². The molecule has 1 saturated heterocycles. The molecule has 3 rings (SSSR count). The zero-order valence-electron chi connectivity index (χ0n) is 14.9. The summed E-state index contributed by atoms with van der Waals surface area (Å²) in [4.78, 5) is 15.0. The molecule has 25 heavy (non-hydrogen) atoms. The second-order valence-electron chi connectivity index (χ2n) is 6.74. The lowest BCUT2D eigenvalue weighted by atomic mass is 9.97. The molecule has 0 bridgehead atoms. The number of benzene rings is 1. The maximum absolute atomic E-state index is 12.6. The number of carbonyl (C=O) groups is 1. The van der Waals surface area contributed by atoms with Crippen LogP contribution < -0.4 is 5.32 Å². The fourth-order valence-corrected chi connectivity index (χ4v) is 3.35. The van der Waals surface area contributed by atoms with Crippen molar-refractivity contribution >= 4 is 11.6 Å². The Morgan fingerprint density at radius 2 is 2.12 bits per heavy atom. The molecular weight excluding hydrogens is 316 g/mol. The van der Waals surface area contributed by atoms with E-state index in [9.17, 15) is 4.79 Å². The summed E-state index contributed by atoms with van der Waals surface area (Å²) in [5.41, 5.74) is 2.03. The fourth-order valence-electron chi connectivity index (χ4n) is 3.35. The standard InChI is InChI=1S/C19H26N4O2/c1-15-11-22(12-16-6-4-3-5-7-16)14-18(15)19(24)21-17-10-20-23(13-17)8-9-25-2/h3-7,10,13,15,18H,8-9,11-12,14H2,1-2H3,(H,21,24)/t15-,18-/m1/s1. The van der Waals surface area contributed by atoms with Gasteiger partial charge in [-0.05, 0) is 11.5 Å². The van der Waals surface area contributed by atoms with Gasteiger partial charge in [0.2, 0.25) is 5.91 Å². The van der Waals surface area contributed by atoms with E-state index in [1.54, 1.807) is 18.0 Å². The third kappa shape index (κ3) is 4.67. The van der Waals surface area contributed by atoms with Crippen LogP contribution in [0.3, 0.4) is 0 Å². The highest BCUT2D eigenvalue weighted by Gasteiger charge is 2.34. The molecule has 1 aromatic heterocycles. The summed E-state index contributed by atoms with van der Waals surface area (Å²) in [5, 5.41) is 7.24. The minimum Gasteiger partial charge on any atom is -0.383 e. The second-order valence-corrected chi connectivity index (χ2v) is 6.74. The number of hydrogen-bond donors (Lipinski definition) is 1. The van der Waals surface area contributed by atoms with Crippen LogP contribution in [-0.4, -0.2) is 47.4 Å². The first-order valence-electron chi connectivity index (χ1n) is 8.74. The van der Waals surface area contributed by atoms with E-state index < -0.39 is 0 Å². The van der Waals surface area contributed by atoms with Crippen LogP contribution in [0.15, 0.2) is 42.7 Å². The van der Waals surface area contributed by atoms with E-state index in [0.29, 0.717) is 19.1 Å². The van der Waals surface area contributed by atoms with E-state index in [1.807, 2.05) is 12.3 Å². The Hall–Kier alpha value is -2.18. The Morgan fingerprint density at radius 1 is 1.32 bits per heavy atom. The zero-order chi connectivity index (χ0) is 17.6. The molecule has 2 aromatic rings. The van der Waals surface area contributed by atoms with Crippen LogP contribution in [0, 0.1) is 11.8 Å². The molecule has 2 heterocycles. The van der Waals surface area contributed by atoms with E-state index in [1.165, 1.54) is 5.56 Å². The fraction of sp³-hybridized carbons (Fsp3) is 0.474. The molecule has 0 spiro atoms. The number of methoxy groups -OCH3 is 1. The van der Waals surface area contributed by atoms with Crippen molar-refractivity contribution < 1.29 is 9.53 Å². The number of aromatic nitrogens is 2. The predicted octanol–water partition coefficient (Wildman–Crippen LogP) is 2.24. The SMILES string of the molecule is COCCn1cc(NC(=O)[C@@H]2CN(Cc3ccccc3)C[C@H]2C)cn1. The predicted molar refractivity (Wildman–Crippen MR) is 97.1 cm³/mol. The number of likely N-dealkylation sites (tertiary alicyclic amines) is 1. The molecule has 0 unspecified atom stereocenters.